The predicted molar refractivity (Wildman–Crippen MR) is 78.6 cm³/mol. The number of halogens is 1. The van der Waals surface area contributed by atoms with Crippen molar-refractivity contribution in [2.75, 3.05) is 13.6 Å². The normalized spacial score (nSPS) is 11.8. The van der Waals surface area contributed by atoms with Gasteiger partial charge in [0, 0.05) is 18.7 Å². The molecule has 2 N–H and O–H groups in total. The van der Waals surface area contributed by atoms with Gasteiger partial charge in [0.15, 0.2) is 0 Å². The minimum atomic E-state index is -3.65. The monoisotopic (exact) mass is 302 g/mol. The van der Waals surface area contributed by atoms with Crippen LogP contribution in [0, 0.1) is 12.7 Å². The molecule has 0 spiro atoms. The highest BCUT2D eigenvalue weighted by Gasteiger charge is 2.19. The Morgan fingerprint density at radius 3 is 2.55 bits per heavy atom. The van der Waals surface area contributed by atoms with Crippen LogP contribution in [-0.4, -0.2) is 22.0 Å². The van der Waals surface area contributed by atoms with Crippen LogP contribution in [0.4, 0.5) is 4.39 Å². The summed E-state index contributed by atoms with van der Waals surface area (Å²) in [6.45, 7) is 4.34. The molecule has 20 heavy (non-hydrogen) atoms. The molecule has 0 aliphatic rings. The van der Waals surface area contributed by atoms with E-state index in [-0.39, 0.29) is 10.5 Å². The molecule has 6 heteroatoms. The number of rotatable bonds is 8. The summed E-state index contributed by atoms with van der Waals surface area (Å²) in [6.07, 6.45) is 2.77. The van der Waals surface area contributed by atoms with Gasteiger partial charge in [0.25, 0.3) is 0 Å². The maximum absolute atomic E-state index is 13.8. The van der Waals surface area contributed by atoms with Gasteiger partial charge < -0.3 is 5.32 Å². The fourth-order valence-electron chi connectivity index (χ4n) is 1.95. The van der Waals surface area contributed by atoms with Crippen molar-refractivity contribution in [3.05, 3.63) is 29.1 Å². The molecule has 0 saturated heterocycles. The van der Waals surface area contributed by atoms with E-state index in [9.17, 15) is 12.8 Å². The average molecular weight is 302 g/mol. The van der Waals surface area contributed by atoms with Gasteiger partial charge in [0.1, 0.15) is 5.82 Å². The van der Waals surface area contributed by atoms with Crippen molar-refractivity contribution in [1.82, 2.24) is 10.0 Å². The lowest BCUT2D eigenvalue weighted by molar-refractivity contribution is 0.569. The molecule has 0 aliphatic carbocycles. The molecule has 0 aliphatic heterocycles. The summed E-state index contributed by atoms with van der Waals surface area (Å²) in [4.78, 5) is 0.0271. The molecule has 1 aromatic rings. The summed E-state index contributed by atoms with van der Waals surface area (Å²) < 4.78 is 40.8. The fraction of sp³-hybridized carbons (Fsp3) is 0.571. The van der Waals surface area contributed by atoms with Gasteiger partial charge in [-0.1, -0.05) is 19.8 Å². The quantitative estimate of drug-likeness (QED) is 0.725. The Hall–Kier alpha value is -0.980. The first-order valence-corrected chi connectivity index (χ1v) is 8.34. The molecule has 0 aromatic heterocycles. The molecule has 0 unspecified atom stereocenters. The molecular formula is C14H23FN2O2S. The summed E-state index contributed by atoms with van der Waals surface area (Å²) in [5.41, 5.74) is 0.775. The molecule has 0 saturated carbocycles. The van der Waals surface area contributed by atoms with E-state index in [0.29, 0.717) is 18.7 Å². The third-order valence-corrected chi connectivity index (χ3v) is 4.69. The number of benzene rings is 1. The van der Waals surface area contributed by atoms with E-state index in [0.717, 1.165) is 19.3 Å². The smallest absolute Gasteiger partial charge is 0.240 e. The van der Waals surface area contributed by atoms with E-state index in [1.807, 2.05) is 0 Å². The highest BCUT2D eigenvalue weighted by atomic mass is 32.2. The Bertz CT molecular complexity index is 544. The Morgan fingerprint density at radius 2 is 1.95 bits per heavy atom. The van der Waals surface area contributed by atoms with Crippen LogP contribution in [0.2, 0.25) is 0 Å². The molecule has 4 nitrogen and oxygen atoms in total. The van der Waals surface area contributed by atoms with Crippen LogP contribution in [0.15, 0.2) is 17.0 Å². The minimum absolute atomic E-state index is 0.0271. The van der Waals surface area contributed by atoms with Crippen LogP contribution in [0.3, 0.4) is 0 Å². The van der Waals surface area contributed by atoms with Crippen LogP contribution in [-0.2, 0) is 16.6 Å². The fourth-order valence-corrected chi connectivity index (χ4v) is 3.33. The van der Waals surface area contributed by atoms with Crippen LogP contribution >= 0.6 is 0 Å². The molecule has 0 heterocycles. The Kier molecular flexibility index (Phi) is 6.58. The average Bonchev–Trinajstić information content (AvgIpc) is 2.39. The Morgan fingerprint density at radius 1 is 1.25 bits per heavy atom. The highest BCUT2D eigenvalue weighted by molar-refractivity contribution is 7.89. The van der Waals surface area contributed by atoms with Crippen molar-refractivity contribution >= 4 is 10.0 Å². The number of hydrogen-bond acceptors (Lipinski definition) is 3. The van der Waals surface area contributed by atoms with Crippen molar-refractivity contribution < 1.29 is 12.8 Å². The molecule has 1 aromatic carbocycles. The van der Waals surface area contributed by atoms with Crippen molar-refractivity contribution in [1.29, 1.82) is 0 Å². The largest absolute Gasteiger partial charge is 0.316 e. The van der Waals surface area contributed by atoms with Gasteiger partial charge in [-0.25, -0.2) is 17.5 Å². The molecule has 0 bridgehead atoms. The zero-order chi connectivity index (χ0) is 15.2. The zero-order valence-electron chi connectivity index (χ0n) is 12.3. The van der Waals surface area contributed by atoms with Gasteiger partial charge in [-0.2, -0.15) is 0 Å². The van der Waals surface area contributed by atoms with Crippen LogP contribution in [0.5, 0.6) is 0 Å². The molecule has 0 amide bonds. The van der Waals surface area contributed by atoms with E-state index in [1.54, 1.807) is 7.05 Å². The van der Waals surface area contributed by atoms with E-state index < -0.39 is 15.8 Å². The van der Waals surface area contributed by atoms with Gasteiger partial charge in [-0.05, 0) is 38.1 Å². The minimum Gasteiger partial charge on any atom is -0.316 e. The van der Waals surface area contributed by atoms with Gasteiger partial charge in [0.2, 0.25) is 10.0 Å². The topological polar surface area (TPSA) is 58.2 Å². The summed E-state index contributed by atoms with van der Waals surface area (Å²) in [6, 6.07) is 2.89. The summed E-state index contributed by atoms with van der Waals surface area (Å²) in [5, 5.41) is 2.89. The van der Waals surface area contributed by atoms with Crippen LogP contribution in [0.25, 0.3) is 0 Å². The molecule has 0 radical (unpaired) electrons. The summed E-state index contributed by atoms with van der Waals surface area (Å²) in [5.74, 6) is -0.494. The Balaban J connectivity index is 2.98. The maximum Gasteiger partial charge on any atom is 0.240 e. The second-order valence-corrected chi connectivity index (χ2v) is 6.57. The van der Waals surface area contributed by atoms with Crippen molar-refractivity contribution in [2.24, 2.45) is 0 Å². The number of nitrogens with one attached hydrogen (secondary N) is 2. The van der Waals surface area contributed by atoms with Crippen molar-refractivity contribution in [3.8, 4) is 0 Å². The van der Waals surface area contributed by atoms with Crippen LogP contribution in [0.1, 0.15) is 37.3 Å². The van der Waals surface area contributed by atoms with Gasteiger partial charge in [-0.15, -0.1) is 0 Å². The SMILES string of the molecule is CCCCCNS(=O)(=O)c1cc(CNC)cc(F)c1C. The van der Waals surface area contributed by atoms with Crippen molar-refractivity contribution in [2.45, 2.75) is 44.6 Å². The molecular weight excluding hydrogens is 279 g/mol. The maximum atomic E-state index is 13.8. The lowest BCUT2D eigenvalue weighted by Gasteiger charge is -2.12. The van der Waals surface area contributed by atoms with Crippen molar-refractivity contribution in [3.63, 3.8) is 0 Å². The second-order valence-electron chi connectivity index (χ2n) is 4.84. The van der Waals surface area contributed by atoms with E-state index in [4.69, 9.17) is 0 Å². The molecule has 0 fully saturated rings. The molecule has 0 atom stereocenters. The second kappa shape index (κ2) is 7.71. The summed E-state index contributed by atoms with van der Waals surface area (Å²) in [7, 11) is -1.92. The summed E-state index contributed by atoms with van der Waals surface area (Å²) >= 11 is 0. The highest BCUT2D eigenvalue weighted by Crippen LogP contribution is 2.20. The number of hydrogen-bond donors (Lipinski definition) is 2. The Labute approximate surface area is 120 Å². The number of unbranched alkanes of at least 4 members (excludes halogenated alkanes) is 2. The molecule has 114 valence electrons. The van der Waals surface area contributed by atoms with Gasteiger partial charge in [0.05, 0.1) is 4.90 Å². The van der Waals surface area contributed by atoms with Gasteiger partial charge >= 0.3 is 0 Å². The number of sulfonamides is 1. The lowest BCUT2D eigenvalue weighted by atomic mass is 10.1. The van der Waals surface area contributed by atoms with Gasteiger partial charge in [-0.3, -0.25) is 0 Å². The van der Waals surface area contributed by atoms with E-state index >= 15 is 0 Å². The third kappa shape index (κ3) is 4.54. The first-order chi connectivity index (χ1) is 9.42. The first-order valence-electron chi connectivity index (χ1n) is 6.85. The standard InChI is InChI=1S/C14H23FN2O2S/c1-4-5-6-7-17-20(18,19)14-9-12(10-16-3)8-13(15)11(14)2/h8-9,16-17H,4-7,10H2,1-3H3. The zero-order valence-corrected chi connectivity index (χ0v) is 13.1. The third-order valence-electron chi connectivity index (χ3n) is 3.10. The first kappa shape index (κ1) is 17.1. The lowest BCUT2D eigenvalue weighted by Crippen LogP contribution is -2.26. The van der Waals surface area contributed by atoms with E-state index in [1.165, 1.54) is 19.1 Å². The predicted octanol–water partition coefficient (Wildman–Crippen LogP) is 2.32. The van der Waals surface area contributed by atoms with E-state index in [2.05, 4.69) is 17.0 Å². The molecule has 1 rings (SSSR count). The van der Waals surface area contributed by atoms with Crippen LogP contribution < -0.4 is 10.0 Å².